The Morgan fingerprint density at radius 2 is 1.73 bits per heavy atom. The van der Waals surface area contributed by atoms with E-state index in [1.54, 1.807) is 6.33 Å². The first-order valence-corrected chi connectivity index (χ1v) is 5.17. The summed E-state index contributed by atoms with van der Waals surface area (Å²) in [6.07, 6.45) is 1.70. The van der Waals surface area contributed by atoms with Crippen molar-refractivity contribution in [1.29, 1.82) is 0 Å². The molecule has 2 aromatic rings. The predicted molar refractivity (Wildman–Crippen MR) is 56.8 cm³/mol. The topological polar surface area (TPSA) is 56.0 Å². The molecule has 0 aliphatic rings. The minimum atomic E-state index is 0.311. The lowest BCUT2D eigenvalue weighted by Gasteiger charge is -2.09. The van der Waals surface area contributed by atoms with Gasteiger partial charge in [-0.1, -0.05) is 27.7 Å². The molecule has 15 heavy (non-hydrogen) atoms. The van der Waals surface area contributed by atoms with Crippen molar-refractivity contribution in [2.45, 2.75) is 39.5 Å². The van der Waals surface area contributed by atoms with Gasteiger partial charge in [0.1, 0.15) is 17.8 Å². The summed E-state index contributed by atoms with van der Waals surface area (Å²) in [6, 6.07) is 0. The zero-order valence-electron chi connectivity index (χ0n) is 9.47. The standard InChI is InChI=1S/C10H15N5/c1-6(2)8-10-13-11-5-15(10)9(7(3)4)14-12-8/h5-7H,1-4H3. The Bertz CT molecular complexity index is 430. The zero-order valence-corrected chi connectivity index (χ0v) is 9.47. The van der Waals surface area contributed by atoms with Gasteiger partial charge in [-0.3, -0.25) is 4.40 Å². The molecule has 0 N–H and O–H groups in total. The Morgan fingerprint density at radius 1 is 1.00 bits per heavy atom. The van der Waals surface area contributed by atoms with Gasteiger partial charge in [0.2, 0.25) is 0 Å². The van der Waals surface area contributed by atoms with Crippen LogP contribution in [0.5, 0.6) is 0 Å². The van der Waals surface area contributed by atoms with Crippen molar-refractivity contribution in [3.05, 3.63) is 17.8 Å². The largest absolute Gasteiger partial charge is 0.266 e. The highest BCUT2D eigenvalue weighted by Gasteiger charge is 2.15. The molecular formula is C10H15N5. The van der Waals surface area contributed by atoms with Crippen LogP contribution in [-0.2, 0) is 0 Å². The third-order valence-electron chi connectivity index (χ3n) is 2.35. The van der Waals surface area contributed by atoms with Gasteiger partial charge in [0.15, 0.2) is 5.65 Å². The summed E-state index contributed by atoms with van der Waals surface area (Å²) in [5.74, 6) is 1.53. The normalized spacial score (nSPS) is 11.9. The fourth-order valence-corrected chi connectivity index (χ4v) is 1.54. The Labute approximate surface area is 88.6 Å². The molecule has 2 heterocycles. The van der Waals surface area contributed by atoms with Crippen LogP contribution >= 0.6 is 0 Å². The quantitative estimate of drug-likeness (QED) is 0.749. The molecule has 0 spiro atoms. The predicted octanol–water partition coefficient (Wildman–Crippen LogP) is 1.77. The van der Waals surface area contributed by atoms with Crippen LogP contribution in [0, 0.1) is 0 Å². The minimum absolute atomic E-state index is 0.311. The Kier molecular flexibility index (Phi) is 2.38. The van der Waals surface area contributed by atoms with Crippen LogP contribution in [0.4, 0.5) is 0 Å². The average molecular weight is 205 g/mol. The van der Waals surface area contributed by atoms with Crippen molar-refractivity contribution in [2.24, 2.45) is 0 Å². The van der Waals surface area contributed by atoms with Crippen molar-refractivity contribution in [1.82, 2.24) is 24.8 Å². The molecular weight excluding hydrogens is 190 g/mol. The lowest BCUT2D eigenvalue weighted by Crippen LogP contribution is -2.09. The minimum Gasteiger partial charge on any atom is -0.266 e. The van der Waals surface area contributed by atoms with Gasteiger partial charge >= 0.3 is 0 Å². The van der Waals surface area contributed by atoms with Crippen LogP contribution in [0.15, 0.2) is 6.33 Å². The van der Waals surface area contributed by atoms with Crippen LogP contribution in [-0.4, -0.2) is 24.8 Å². The summed E-state index contributed by atoms with van der Waals surface area (Å²) in [7, 11) is 0. The SMILES string of the molecule is CC(C)c1nnc(C(C)C)n2cnnc12. The van der Waals surface area contributed by atoms with Gasteiger partial charge < -0.3 is 0 Å². The van der Waals surface area contributed by atoms with E-state index in [0.717, 1.165) is 17.2 Å². The highest BCUT2D eigenvalue weighted by Crippen LogP contribution is 2.18. The molecule has 0 aliphatic carbocycles. The first kappa shape index (κ1) is 10.0. The molecule has 0 radical (unpaired) electrons. The summed E-state index contributed by atoms with van der Waals surface area (Å²) in [5.41, 5.74) is 1.72. The molecule has 0 saturated heterocycles. The summed E-state index contributed by atoms with van der Waals surface area (Å²) in [5, 5.41) is 16.5. The molecule has 0 aromatic carbocycles. The third-order valence-corrected chi connectivity index (χ3v) is 2.35. The number of nitrogens with zero attached hydrogens (tertiary/aromatic N) is 5. The Morgan fingerprint density at radius 3 is 2.33 bits per heavy atom. The number of rotatable bonds is 2. The highest BCUT2D eigenvalue weighted by molar-refractivity contribution is 5.43. The van der Waals surface area contributed by atoms with E-state index in [2.05, 4.69) is 48.1 Å². The summed E-state index contributed by atoms with van der Waals surface area (Å²) in [4.78, 5) is 0. The zero-order chi connectivity index (χ0) is 11.0. The molecule has 5 heteroatoms. The van der Waals surface area contributed by atoms with Crippen molar-refractivity contribution >= 4 is 5.65 Å². The van der Waals surface area contributed by atoms with E-state index in [-0.39, 0.29) is 0 Å². The second-order valence-electron chi connectivity index (χ2n) is 4.28. The van der Waals surface area contributed by atoms with Crippen LogP contribution in [0.2, 0.25) is 0 Å². The van der Waals surface area contributed by atoms with Gasteiger partial charge in [-0.2, -0.15) is 0 Å². The van der Waals surface area contributed by atoms with Crippen LogP contribution in [0.3, 0.4) is 0 Å². The maximum Gasteiger partial charge on any atom is 0.185 e. The summed E-state index contributed by atoms with van der Waals surface area (Å²) < 4.78 is 1.92. The van der Waals surface area contributed by atoms with E-state index < -0.39 is 0 Å². The van der Waals surface area contributed by atoms with Gasteiger partial charge in [-0.15, -0.1) is 20.4 Å². The first-order chi connectivity index (χ1) is 7.11. The first-order valence-electron chi connectivity index (χ1n) is 5.17. The number of hydrogen-bond donors (Lipinski definition) is 0. The molecule has 2 aromatic heterocycles. The van der Waals surface area contributed by atoms with Gasteiger partial charge in [0.05, 0.1) is 0 Å². The van der Waals surface area contributed by atoms with Crippen molar-refractivity contribution in [2.75, 3.05) is 0 Å². The van der Waals surface area contributed by atoms with Gasteiger partial charge in [0.25, 0.3) is 0 Å². The fourth-order valence-electron chi connectivity index (χ4n) is 1.54. The molecule has 0 atom stereocenters. The van der Waals surface area contributed by atoms with Crippen LogP contribution < -0.4 is 0 Å². The molecule has 5 nitrogen and oxygen atoms in total. The molecule has 0 unspecified atom stereocenters. The Balaban J connectivity index is 2.71. The van der Waals surface area contributed by atoms with Gasteiger partial charge in [-0.25, -0.2) is 0 Å². The molecule has 2 rings (SSSR count). The van der Waals surface area contributed by atoms with Gasteiger partial charge in [-0.05, 0) is 0 Å². The Hall–Kier alpha value is -1.52. The number of aromatic nitrogens is 5. The molecule has 80 valence electrons. The van der Waals surface area contributed by atoms with E-state index in [1.807, 2.05) is 4.40 Å². The molecule has 0 amide bonds. The van der Waals surface area contributed by atoms with E-state index in [4.69, 9.17) is 0 Å². The van der Waals surface area contributed by atoms with E-state index in [1.165, 1.54) is 0 Å². The highest BCUT2D eigenvalue weighted by atomic mass is 15.3. The summed E-state index contributed by atoms with van der Waals surface area (Å²) in [6.45, 7) is 8.32. The van der Waals surface area contributed by atoms with E-state index in [9.17, 15) is 0 Å². The summed E-state index contributed by atoms with van der Waals surface area (Å²) >= 11 is 0. The molecule has 0 fully saturated rings. The second-order valence-corrected chi connectivity index (χ2v) is 4.28. The van der Waals surface area contributed by atoms with Crippen LogP contribution in [0.1, 0.15) is 51.0 Å². The fraction of sp³-hybridized carbons (Fsp3) is 0.600. The van der Waals surface area contributed by atoms with Crippen molar-refractivity contribution in [3.8, 4) is 0 Å². The lowest BCUT2D eigenvalue weighted by atomic mass is 10.1. The van der Waals surface area contributed by atoms with Crippen LogP contribution in [0.25, 0.3) is 5.65 Å². The molecule has 0 saturated carbocycles. The second kappa shape index (κ2) is 3.56. The maximum absolute atomic E-state index is 4.23. The lowest BCUT2D eigenvalue weighted by molar-refractivity contribution is 0.683. The average Bonchev–Trinajstić information content (AvgIpc) is 2.63. The van der Waals surface area contributed by atoms with Crippen molar-refractivity contribution in [3.63, 3.8) is 0 Å². The van der Waals surface area contributed by atoms with E-state index >= 15 is 0 Å². The van der Waals surface area contributed by atoms with Crippen molar-refractivity contribution < 1.29 is 0 Å². The monoisotopic (exact) mass is 205 g/mol. The van der Waals surface area contributed by atoms with E-state index in [0.29, 0.717) is 11.8 Å². The maximum atomic E-state index is 4.23. The number of fused-ring (bicyclic) bond motifs is 1. The van der Waals surface area contributed by atoms with Gasteiger partial charge in [0, 0.05) is 11.8 Å². The third kappa shape index (κ3) is 1.58. The molecule has 0 aliphatic heterocycles. The number of hydrogen-bond acceptors (Lipinski definition) is 4. The smallest absolute Gasteiger partial charge is 0.185 e. The molecule has 0 bridgehead atoms.